The number of benzene rings is 1. The predicted molar refractivity (Wildman–Crippen MR) is 95.0 cm³/mol. The molecule has 0 spiro atoms. The SMILES string of the molecule is CC1CN(Cc2cn(-c3ccccc3)nc2C(C)(C)C)CCN1. The molecule has 1 unspecified atom stereocenters. The number of nitrogens with one attached hydrogen (secondary N) is 1. The van der Waals surface area contributed by atoms with Gasteiger partial charge in [-0.05, 0) is 19.1 Å². The summed E-state index contributed by atoms with van der Waals surface area (Å²) in [7, 11) is 0. The maximum Gasteiger partial charge on any atom is 0.0727 e. The lowest BCUT2D eigenvalue weighted by atomic mass is 9.89. The smallest absolute Gasteiger partial charge is 0.0727 e. The molecule has 0 radical (unpaired) electrons. The third kappa shape index (κ3) is 3.82. The van der Waals surface area contributed by atoms with E-state index in [-0.39, 0.29) is 5.41 Å². The number of hydrogen-bond acceptors (Lipinski definition) is 3. The van der Waals surface area contributed by atoms with Crippen LogP contribution in [0, 0.1) is 0 Å². The Morgan fingerprint density at radius 3 is 2.61 bits per heavy atom. The van der Waals surface area contributed by atoms with E-state index in [0.29, 0.717) is 6.04 Å². The molecular formula is C19H28N4. The second-order valence-corrected chi connectivity index (χ2v) is 7.62. The van der Waals surface area contributed by atoms with E-state index >= 15 is 0 Å². The summed E-state index contributed by atoms with van der Waals surface area (Å²) < 4.78 is 2.03. The molecule has 0 amide bonds. The molecule has 2 heterocycles. The summed E-state index contributed by atoms with van der Waals surface area (Å²) in [4.78, 5) is 2.53. The maximum absolute atomic E-state index is 4.91. The molecule has 23 heavy (non-hydrogen) atoms. The summed E-state index contributed by atoms with van der Waals surface area (Å²) >= 11 is 0. The van der Waals surface area contributed by atoms with E-state index in [2.05, 4.69) is 68.4 Å². The number of aromatic nitrogens is 2. The molecule has 4 nitrogen and oxygen atoms in total. The van der Waals surface area contributed by atoms with Crippen LogP contribution in [0.25, 0.3) is 5.69 Å². The highest BCUT2D eigenvalue weighted by Crippen LogP contribution is 2.26. The Kier molecular flexibility index (Phi) is 4.55. The molecule has 1 aromatic carbocycles. The van der Waals surface area contributed by atoms with Crippen molar-refractivity contribution in [2.45, 2.75) is 45.7 Å². The van der Waals surface area contributed by atoms with E-state index in [1.807, 2.05) is 10.7 Å². The van der Waals surface area contributed by atoms with Crippen LogP contribution in [0.1, 0.15) is 39.0 Å². The first-order valence-corrected chi connectivity index (χ1v) is 8.53. The van der Waals surface area contributed by atoms with Gasteiger partial charge in [-0.3, -0.25) is 4.90 Å². The Balaban J connectivity index is 1.90. The van der Waals surface area contributed by atoms with Gasteiger partial charge in [0, 0.05) is 49.4 Å². The molecule has 0 bridgehead atoms. The van der Waals surface area contributed by atoms with Crippen molar-refractivity contribution in [2.24, 2.45) is 0 Å². The molecule has 1 N–H and O–H groups in total. The first-order chi connectivity index (χ1) is 10.9. The molecule has 0 aliphatic carbocycles. The fourth-order valence-electron chi connectivity index (χ4n) is 3.27. The summed E-state index contributed by atoms with van der Waals surface area (Å²) in [5.41, 5.74) is 3.72. The second kappa shape index (κ2) is 6.46. The molecule has 1 fully saturated rings. The molecular weight excluding hydrogens is 284 g/mol. The van der Waals surface area contributed by atoms with Gasteiger partial charge in [0.25, 0.3) is 0 Å². The van der Waals surface area contributed by atoms with Crippen LogP contribution in [0.2, 0.25) is 0 Å². The monoisotopic (exact) mass is 312 g/mol. The summed E-state index contributed by atoms with van der Waals surface area (Å²) in [6.45, 7) is 13.2. The van der Waals surface area contributed by atoms with Gasteiger partial charge >= 0.3 is 0 Å². The van der Waals surface area contributed by atoms with Crippen LogP contribution in [0.3, 0.4) is 0 Å². The fourth-order valence-corrected chi connectivity index (χ4v) is 3.27. The van der Waals surface area contributed by atoms with Crippen LogP contribution in [-0.2, 0) is 12.0 Å². The van der Waals surface area contributed by atoms with Gasteiger partial charge in [0.15, 0.2) is 0 Å². The fraction of sp³-hybridized carbons (Fsp3) is 0.526. The van der Waals surface area contributed by atoms with Gasteiger partial charge in [0.05, 0.1) is 11.4 Å². The van der Waals surface area contributed by atoms with Gasteiger partial charge in [-0.25, -0.2) is 4.68 Å². The molecule has 4 heteroatoms. The van der Waals surface area contributed by atoms with Crippen LogP contribution in [0.4, 0.5) is 0 Å². The Hall–Kier alpha value is -1.65. The number of para-hydroxylation sites is 1. The van der Waals surface area contributed by atoms with Gasteiger partial charge < -0.3 is 5.32 Å². The van der Waals surface area contributed by atoms with Gasteiger partial charge in [-0.1, -0.05) is 39.0 Å². The second-order valence-electron chi connectivity index (χ2n) is 7.62. The highest BCUT2D eigenvalue weighted by atomic mass is 15.3. The number of hydrogen-bond donors (Lipinski definition) is 1. The molecule has 0 saturated carbocycles. The van der Waals surface area contributed by atoms with Gasteiger partial charge in [0.1, 0.15) is 0 Å². The van der Waals surface area contributed by atoms with Crippen LogP contribution in [0.5, 0.6) is 0 Å². The van der Waals surface area contributed by atoms with Crippen molar-refractivity contribution < 1.29 is 0 Å². The average molecular weight is 312 g/mol. The van der Waals surface area contributed by atoms with E-state index in [9.17, 15) is 0 Å². The molecule has 1 aliphatic rings. The first-order valence-electron chi connectivity index (χ1n) is 8.53. The quantitative estimate of drug-likeness (QED) is 0.946. The van der Waals surface area contributed by atoms with Crippen LogP contribution >= 0.6 is 0 Å². The predicted octanol–water partition coefficient (Wildman–Crippen LogP) is 2.96. The lowest BCUT2D eigenvalue weighted by Gasteiger charge is -2.32. The Labute approximate surface area is 139 Å². The summed E-state index contributed by atoms with van der Waals surface area (Å²) in [5, 5.41) is 8.42. The zero-order valence-corrected chi connectivity index (χ0v) is 14.7. The summed E-state index contributed by atoms with van der Waals surface area (Å²) in [5.74, 6) is 0. The molecule has 1 atom stereocenters. The van der Waals surface area contributed by atoms with Crippen LogP contribution < -0.4 is 5.32 Å². The largest absolute Gasteiger partial charge is 0.312 e. The van der Waals surface area contributed by atoms with Crippen molar-refractivity contribution in [1.82, 2.24) is 20.0 Å². The molecule has 1 saturated heterocycles. The van der Waals surface area contributed by atoms with E-state index < -0.39 is 0 Å². The van der Waals surface area contributed by atoms with Crippen molar-refractivity contribution in [3.63, 3.8) is 0 Å². The van der Waals surface area contributed by atoms with E-state index in [4.69, 9.17) is 5.10 Å². The van der Waals surface area contributed by atoms with Crippen molar-refractivity contribution in [3.05, 3.63) is 47.8 Å². The topological polar surface area (TPSA) is 33.1 Å². The molecule has 1 aliphatic heterocycles. The van der Waals surface area contributed by atoms with Crippen molar-refractivity contribution in [2.75, 3.05) is 19.6 Å². The molecule has 2 aromatic rings. The summed E-state index contributed by atoms with van der Waals surface area (Å²) in [6.07, 6.45) is 2.21. The minimum absolute atomic E-state index is 0.0506. The Morgan fingerprint density at radius 1 is 1.22 bits per heavy atom. The van der Waals surface area contributed by atoms with E-state index in [1.165, 1.54) is 11.3 Å². The molecule has 1 aromatic heterocycles. The summed E-state index contributed by atoms with van der Waals surface area (Å²) in [6, 6.07) is 10.9. The van der Waals surface area contributed by atoms with Gasteiger partial charge in [0.2, 0.25) is 0 Å². The van der Waals surface area contributed by atoms with Crippen LogP contribution in [-0.4, -0.2) is 40.4 Å². The highest BCUT2D eigenvalue weighted by molar-refractivity contribution is 5.34. The third-order valence-electron chi connectivity index (χ3n) is 4.37. The minimum Gasteiger partial charge on any atom is -0.312 e. The maximum atomic E-state index is 4.91. The standard InChI is InChI=1S/C19H28N4/c1-15-12-22(11-10-20-15)13-16-14-23(17-8-6-5-7-9-17)21-18(16)19(2,3)4/h5-9,14-15,20H,10-13H2,1-4H3. The number of rotatable bonds is 3. The van der Waals surface area contributed by atoms with Crippen molar-refractivity contribution in [3.8, 4) is 5.69 Å². The third-order valence-corrected chi connectivity index (χ3v) is 4.37. The molecule has 124 valence electrons. The van der Waals surface area contributed by atoms with Gasteiger partial charge in [-0.2, -0.15) is 5.10 Å². The zero-order valence-electron chi connectivity index (χ0n) is 14.7. The Morgan fingerprint density at radius 2 is 1.96 bits per heavy atom. The zero-order chi connectivity index (χ0) is 16.4. The normalized spacial score (nSPS) is 19.9. The van der Waals surface area contributed by atoms with E-state index in [0.717, 1.165) is 31.9 Å². The average Bonchev–Trinajstić information content (AvgIpc) is 2.92. The van der Waals surface area contributed by atoms with Crippen LogP contribution in [0.15, 0.2) is 36.5 Å². The molecule has 3 rings (SSSR count). The number of nitrogens with zero attached hydrogens (tertiary/aromatic N) is 3. The lowest BCUT2D eigenvalue weighted by molar-refractivity contribution is 0.198. The number of piperazine rings is 1. The lowest BCUT2D eigenvalue weighted by Crippen LogP contribution is -2.48. The first kappa shape index (κ1) is 16.2. The van der Waals surface area contributed by atoms with Gasteiger partial charge in [-0.15, -0.1) is 0 Å². The van der Waals surface area contributed by atoms with Crippen molar-refractivity contribution >= 4 is 0 Å². The van der Waals surface area contributed by atoms with E-state index in [1.54, 1.807) is 0 Å². The highest BCUT2D eigenvalue weighted by Gasteiger charge is 2.25. The van der Waals surface area contributed by atoms with Crippen molar-refractivity contribution in [1.29, 1.82) is 0 Å². The Bertz CT molecular complexity index is 639. The minimum atomic E-state index is 0.0506.